The molecule has 1 N–H and O–H groups in total. The summed E-state index contributed by atoms with van der Waals surface area (Å²) in [6.45, 7) is 7.89. The number of nitrogens with one attached hydrogen (secondary N) is 1. The lowest BCUT2D eigenvalue weighted by atomic mass is 10.1. The van der Waals surface area contributed by atoms with Crippen molar-refractivity contribution in [1.82, 2.24) is 4.90 Å². The van der Waals surface area contributed by atoms with Crippen LogP contribution in [0.5, 0.6) is 11.5 Å². The molecule has 2 unspecified atom stereocenters. The second-order valence-corrected chi connectivity index (χ2v) is 5.81. The van der Waals surface area contributed by atoms with Crippen molar-refractivity contribution in [2.75, 3.05) is 31.6 Å². The third-order valence-corrected chi connectivity index (χ3v) is 4.51. The van der Waals surface area contributed by atoms with E-state index in [2.05, 4.69) is 16.3 Å². The number of nitrogens with zero attached hydrogens (tertiary/aromatic N) is 1. The molecule has 0 amide bonds. The second-order valence-electron chi connectivity index (χ2n) is 5.81. The Morgan fingerprint density at radius 2 is 2.00 bits per heavy atom. The minimum Gasteiger partial charge on any atom is -0.494 e. The molecule has 2 heterocycles. The van der Waals surface area contributed by atoms with E-state index in [0.29, 0.717) is 25.3 Å². The van der Waals surface area contributed by atoms with Crippen molar-refractivity contribution in [3.63, 3.8) is 0 Å². The molecule has 2 aliphatic rings. The summed E-state index contributed by atoms with van der Waals surface area (Å²) in [5.74, 6) is 1.84. The molecule has 116 valence electrons. The smallest absolute Gasteiger partial charge is 0.142 e. The van der Waals surface area contributed by atoms with E-state index in [1.807, 2.05) is 26.0 Å². The summed E-state index contributed by atoms with van der Waals surface area (Å²) in [4.78, 5) is 2.62. The molecular weight excluding hydrogens is 264 g/mol. The van der Waals surface area contributed by atoms with Gasteiger partial charge in [-0.05, 0) is 51.8 Å². The summed E-state index contributed by atoms with van der Waals surface area (Å²) in [5, 5.41) is 3.72. The molecule has 0 aromatic heterocycles. The zero-order chi connectivity index (χ0) is 14.7. The van der Waals surface area contributed by atoms with Crippen LogP contribution in [0.25, 0.3) is 0 Å². The van der Waals surface area contributed by atoms with Gasteiger partial charge in [0.05, 0.1) is 18.9 Å². The van der Waals surface area contributed by atoms with Crippen molar-refractivity contribution in [2.45, 2.75) is 45.2 Å². The first kappa shape index (κ1) is 14.5. The summed E-state index contributed by atoms with van der Waals surface area (Å²) in [7, 11) is 0. The lowest BCUT2D eigenvalue weighted by Gasteiger charge is -2.24. The first-order valence-electron chi connectivity index (χ1n) is 8.22. The number of fused-ring (bicyclic) bond motifs is 1. The van der Waals surface area contributed by atoms with Crippen LogP contribution in [-0.2, 0) is 0 Å². The number of hydrogen-bond donors (Lipinski definition) is 1. The molecule has 1 aromatic carbocycles. The van der Waals surface area contributed by atoms with E-state index in [0.717, 1.165) is 17.2 Å². The van der Waals surface area contributed by atoms with Crippen LogP contribution in [-0.4, -0.2) is 43.3 Å². The minimum absolute atomic E-state index is 0.531. The van der Waals surface area contributed by atoms with Crippen molar-refractivity contribution < 1.29 is 9.47 Å². The van der Waals surface area contributed by atoms with Crippen LogP contribution in [0.2, 0.25) is 0 Å². The number of hydrogen-bond acceptors (Lipinski definition) is 4. The lowest BCUT2D eigenvalue weighted by Crippen LogP contribution is -2.33. The van der Waals surface area contributed by atoms with Crippen LogP contribution in [0.15, 0.2) is 18.2 Å². The zero-order valence-electron chi connectivity index (χ0n) is 13.1. The SMILES string of the molecule is CCOc1ccc(OCC)c(NC2CCN3CCCC23)c1. The van der Waals surface area contributed by atoms with Crippen LogP contribution in [0.4, 0.5) is 5.69 Å². The van der Waals surface area contributed by atoms with Gasteiger partial charge >= 0.3 is 0 Å². The van der Waals surface area contributed by atoms with Gasteiger partial charge in [0.15, 0.2) is 0 Å². The zero-order valence-corrected chi connectivity index (χ0v) is 13.1. The standard InChI is InChI=1S/C17H26N2O2/c1-3-20-13-7-8-17(21-4-2)15(12-13)18-14-9-11-19-10-5-6-16(14)19/h7-8,12,14,16,18H,3-6,9-11H2,1-2H3. The third kappa shape index (κ3) is 3.10. The van der Waals surface area contributed by atoms with Crippen molar-refractivity contribution in [1.29, 1.82) is 0 Å². The summed E-state index contributed by atoms with van der Waals surface area (Å²) < 4.78 is 11.4. The molecule has 2 atom stereocenters. The predicted octanol–water partition coefficient (Wildman–Crippen LogP) is 3.13. The average molecular weight is 290 g/mol. The molecule has 0 radical (unpaired) electrons. The van der Waals surface area contributed by atoms with E-state index in [9.17, 15) is 0 Å². The summed E-state index contributed by atoms with van der Waals surface area (Å²) in [6.07, 6.45) is 3.86. The Balaban J connectivity index is 1.77. The van der Waals surface area contributed by atoms with Gasteiger partial charge in [-0.25, -0.2) is 0 Å². The van der Waals surface area contributed by atoms with Gasteiger partial charge in [-0.15, -0.1) is 0 Å². The Kier molecular flexibility index (Phi) is 4.54. The topological polar surface area (TPSA) is 33.7 Å². The second kappa shape index (κ2) is 6.56. The highest BCUT2D eigenvalue weighted by molar-refractivity contribution is 5.60. The number of ether oxygens (including phenoxy) is 2. The molecule has 1 aromatic rings. The van der Waals surface area contributed by atoms with Crippen molar-refractivity contribution in [3.05, 3.63) is 18.2 Å². The molecule has 4 heteroatoms. The van der Waals surface area contributed by atoms with Crippen LogP contribution >= 0.6 is 0 Å². The number of rotatable bonds is 6. The average Bonchev–Trinajstić information content (AvgIpc) is 3.07. The fourth-order valence-corrected chi connectivity index (χ4v) is 3.61. The van der Waals surface area contributed by atoms with Crippen LogP contribution in [0, 0.1) is 0 Å². The lowest BCUT2D eigenvalue weighted by molar-refractivity contribution is 0.316. The Morgan fingerprint density at radius 1 is 1.14 bits per heavy atom. The Morgan fingerprint density at radius 3 is 2.81 bits per heavy atom. The highest BCUT2D eigenvalue weighted by Gasteiger charge is 2.37. The van der Waals surface area contributed by atoms with Gasteiger partial charge in [-0.3, -0.25) is 4.90 Å². The fourth-order valence-electron chi connectivity index (χ4n) is 3.61. The molecule has 0 spiro atoms. The molecular formula is C17H26N2O2. The van der Waals surface area contributed by atoms with Crippen LogP contribution in [0.1, 0.15) is 33.1 Å². The van der Waals surface area contributed by atoms with E-state index >= 15 is 0 Å². The summed E-state index contributed by atoms with van der Waals surface area (Å²) >= 11 is 0. The number of benzene rings is 1. The largest absolute Gasteiger partial charge is 0.494 e. The molecule has 0 saturated carbocycles. The van der Waals surface area contributed by atoms with E-state index in [1.165, 1.54) is 32.4 Å². The normalized spacial score (nSPS) is 24.9. The van der Waals surface area contributed by atoms with E-state index in [1.54, 1.807) is 0 Å². The summed E-state index contributed by atoms with van der Waals surface area (Å²) in [5.41, 5.74) is 1.07. The first-order chi connectivity index (χ1) is 10.3. The molecule has 2 saturated heterocycles. The predicted molar refractivity (Wildman–Crippen MR) is 85.4 cm³/mol. The van der Waals surface area contributed by atoms with Gasteiger partial charge < -0.3 is 14.8 Å². The van der Waals surface area contributed by atoms with Gasteiger partial charge in [-0.1, -0.05) is 0 Å². The van der Waals surface area contributed by atoms with E-state index in [4.69, 9.17) is 9.47 Å². The van der Waals surface area contributed by atoms with Gasteiger partial charge in [0, 0.05) is 24.7 Å². The highest BCUT2D eigenvalue weighted by Crippen LogP contribution is 2.35. The fraction of sp³-hybridized carbons (Fsp3) is 0.647. The van der Waals surface area contributed by atoms with Gasteiger partial charge in [0.2, 0.25) is 0 Å². The van der Waals surface area contributed by atoms with Crippen LogP contribution in [0.3, 0.4) is 0 Å². The minimum atomic E-state index is 0.531. The molecule has 3 rings (SSSR count). The van der Waals surface area contributed by atoms with Crippen molar-refractivity contribution >= 4 is 5.69 Å². The Bertz CT molecular complexity index is 478. The highest BCUT2D eigenvalue weighted by atomic mass is 16.5. The Labute approximate surface area is 127 Å². The quantitative estimate of drug-likeness (QED) is 0.872. The molecule has 0 aliphatic carbocycles. The maximum absolute atomic E-state index is 5.76. The molecule has 2 fully saturated rings. The third-order valence-electron chi connectivity index (χ3n) is 4.51. The van der Waals surface area contributed by atoms with Gasteiger partial charge in [0.1, 0.15) is 11.5 Å². The van der Waals surface area contributed by atoms with E-state index in [-0.39, 0.29) is 0 Å². The molecule has 2 aliphatic heterocycles. The molecule has 0 bridgehead atoms. The first-order valence-corrected chi connectivity index (χ1v) is 8.22. The van der Waals surface area contributed by atoms with Gasteiger partial charge in [0.25, 0.3) is 0 Å². The van der Waals surface area contributed by atoms with Crippen molar-refractivity contribution in [3.8, 4) is 11.5 Å². The van der Waals surface area contributed by atoms with Gasteiger partial charge in [-0.2, -0.15) is 0 Å². The van der Waals surface area contributed by atoms with Crippen LogP contribution < -0.4 is 14.8 Å². The molecule has 4 nitrogen and oxygen atoms in total. The molecule has 21 heavy (non-hydrogen) atoms. The Hall–Kier alpha value is -1.42. The maximum atomic E-state index is 5.76. The maximum Gasteiger partial charge on any atom is 0.142 e. The number of anilines is 1. The monoisotopic (exact) mass is 290 g/mol. The van der Waals surface area contributed by atoms with E-state index < -0.39 is 0 Å². The summed E-state index contributed by atoms with van der Waals surface area (Å²) in [6, 6.07) is 7.29. The van der Waals surface area contributed by atoms with Crippen molar-refractivity contribution in [2.24, 2.45) is 0 Å².